The number of carbonyl (C=O) groups excluding carboxylic acids is 1. The summed E-state index contributed by atoms with van der Waals surface area (Å²) in [5, 5.41) is 10.3. The highest BCUT2D eigenvalue weighted by molar-refractivity contribution is 6.11. The SMILES string of the molecule is CC1(C)C(C(=O)c2cn(CC3CCOCC3)c3cc(C(=O)O)ccc23)C1(C)C. The number of aromatic carboxylic acids is 1. The number of hydrogen-bond acceptors (Lipinski definition) is 3. The lowest BCUT2D eigenvalue weighted by Gasteiger charge is -2.22. The average molecular weight is 383 g/mol. The third-order valence-electron chi connectivity index (χ3n) is 7.47. The summed E-state index contributed by atoms with van der Waals surface area (Å²) < 4.78 is 7.55. The highest BCUT2D eigenvalue weighted by Gasteiger charge is 2.68. The molecule has 5 nitrogen and oxygen atoms in total. The van der Waals surface area contributed by atoms with Crippen molar-refractivity contribution in [2.75, 3.05) is 13.2 Å². The van der Waals surface area contributed by atoms with E-state index >= 15 is 0 Å². The molecule has 1 aliphatic heterocycles. The number of ketones is 1. The molecule has 0 spiro atoms. The number of aromatic nitrogens is 1. The third-order valence-corrected chi connectivity index (χ3v) is 7.47. The van der Waals surface area contributed by atoms with Crippen molar-refractivity contribution in [3.05, 3.63) is 35.5 Å². The predicted octanol–water partition coefficient (Wildman–Crippen LogP) is 4.63. The van der Waals surface area contributed by atoms with Crippen LogP contribution in [0.3, 0.4) is 0 Å². The van der Waals surface area contributed by atoms with Crippen molar-refractivity contribution < 1.29 is 19.4 Å². The summed E-state index contributed by atoms with van der Waals surface area (Å²) >= 11 is 0. The van der Waals surface area contributed by atoms with E-state index in [1.54, 1.807) is 18.2 Å². The van der Waals surface area contributed by atoms with Crippen LogP contribution in [0.5, 0.6) is 0 Å². The lowest BCUT2D eigenvalue weighted by atomic mass is 10.00. The Kier molecular flexibility index (Phi) is 4.42. The number of carboxylic acid groups (broad SMARTS) is 1. The molecule has 1 N–H and O–H groups in total. The average Bonchev–Trinajstić information content (AvgIpc) is 2.90. The molecule has 1 aromatic carbocycles. The van der Waals surface area contributed by atoms with Crippen molar-refractivity contribution in [1.29, 1.82) is 0 Å². The van der Waals surface area contributed by atoms with Gasteiger partial charge in [0, 0.05) is 48.3 Å². The van der Waals surface area contributed by atoms with Crippen molar-refractivity contribution in [3.63, 3.8) is 0 Å². The molecule has 2 aromatic rings. The van der Waals surface area contributed by atoms with Gasteiger partial charge < -0.3 is 14.4 Å². The van der Waals surface area contributed by atoms with Crippen LogP contribution in [0.1, 0.15) is 61.3 Å². The Balaban J connectivity index is 1.76. The molecule has 0 radical (unpaired) electrons. The van der Waals surface area contributed by atoms with E-state index in [9.17, 15) is 14.7 Å². The highest BCUT2D eigenvalue weighted by Crippen LogP contribution is 2.69. The summed E-state index contributed by atoms with van der Waals surface area (Å²) in [6, 6.07) is 5.11. The van der Waals surface area contributed by atoms with Gasteiger partial charge >= 0.3 is 5.97 Å². The minimum atomic E-state index is -0.946. The van der Waals surface area contributed by atoms with Crippen LogP contribution in [0.2, 0.25) is 0 Å². The van der Waals surface area contributed by atoms with E-state index in [4.69, 9.17) is 4.74 Å². The Morgan fingerprint density at radius 2 is 1.79 bits per heavy atom. The van der Waals surface area contributed by atoms with E-state index in [0.29, 0.717) is 5.92 Å². The van der Waals surface area contributed by atoms with E-state index in [1.165, 1.54) is 0 Å². The zero-order valence-corrected chi connectivity index (χ0v) is 17.1. The second-order valence-electron chi connectivity index (χ2n) is 9.53. The van der Waals surface area contributed by atoms with Gasteiger partial charge in [-0.25, -0.2) is 4.79 Å². The molecule has 0 bridgehead atoms. The Labute approximate surface area is 165 Å². The summed E-state index contributed by atoms with van der Waals surface area (Å²) in [5.41, 5.74) is 1.76. The van der Waals surface area contributed by atoms with Gasteiger partial charge in [0.25, 0.3) is 0 Å². The van der Waals surface area contributed by atoms with Crippen molar-refractivity contribution in [1.82, 2.24) is 4.57 Å². The van der Waals surface area contributed by atoms with Gasteiger partial charge in [0.1, 0.15) is 0 Å². The second-order valence-corrected chi connectivity index (χ2v) is 9.53. The number of carbonyl (C=O) groups is 2. The molecule has 0 unspecified atom stereocenters. The maximum Gasteiger partial charge on any atom is 0.335 e. The van der Waals surface area contributed by atoms with Crippen LogP contribution in [0.25, 0.3) is 10.9 Å². The topological polar surface area (TPSA) is 68.5 Å². The summed E-state index contributed by atoms with van der Waals surface area (Å²) in [7, 11) is 0. The van der Waals surface area contributed by atoms with Crippen LogP contribution in [0.4, 0.5) is 0 Å². The second kappa shape index (κ2) is 6.45. The summed E-state index contributed by atoms with van der Waals surface area (Å²) in [5.74, 6) is -0.303. The molecule has 0 amide bonds. The zero-order valence-electron chi connectivity index (χ0n) is 17.1. The molecule has 1 aromatic heterocycles. The first-order valence-corrected chi connectivity index (χ1v) is 10.1. The number of ether oxygens (including phenoxy) is 1. The molecule has 2 aliphatic rings. The number of carboxylic acids is 1. The van der Waals surface area contributed by atoms with E-state index < -0.39 is 5.97 Å². The number of benzene rings is 1. The van der Waals surface area contributed by atoms with Crippen LogP contribution in [0.15, 0.2) is 24.4 Å². The highest BCUT2D eigenvalue weighted by atomic mass is 16.5. The van der Waals surface area contributed by atoms with Crippen molar-refractivity contribution in [2.45, 2.75) is 47.1 Å². The molecule has 4 rings (SSSR count). The van der Waals surface area contributed by atoms with Crippen LogP contribution in [-0.2, 0) is 11.3 Å². The number of Topliss-reactive ketones (excluding diaryl/α,β-unsaturated/α-hetero) is 1. The molecule has 1 saturated heterocycles. The molecular formula is C23H29NO4. The monoisotopic (exact) mass is 383 g/mol. The number of nitrogens with zero attached hydrogens (tertiary/aromatic N) is 1. The van der Waals surface area contributed by atoms with Crippen LogP contribution < -0.4 is 0 Å². The van der Waals surface area contributed by atoms with E-state index in [0.717, 1.165) is 49.1 Å². The van der Waals surface area contributed by atoms with E-state index in [-0.39, 0.29) is 28.1 Å². The van der Waals surface area contributed by atoms with E-state index in [1.807, 2.05) is 6.20 Å². The maximum atomic E-state index is 13.4. The first-order valence-electron chi connectivity index (χ1n) is 10.1. The standard InChI is InChI=1S/C23H29NO4/c1-22(2)20(23(22,3)4)19(25)17-13-24(12-14-7-9-28-10-8-14)18-11-15(21(26)27)5-6-16(17)18/h5-6,11,13-14,20H,7-10,12H2,1-4H3,(H,26,27). The van der Waals surface area contributed by atoms with Crippen molar-refractivity contribution >= 4 is 22.7 Å². The predicted molar refractivity (Wildman–Crippen MR) is 108 cm³/mol. The molecule has 0 atom stereocenters. The largest absolute Gasteiger partial charge is 0.478 e. The quantitative estimate of drug-likeness (QED) is 0.764. The fourth-order valence-electron chi connectivity index (χ4n) is 4.99. The van der Waals surface area contributed by atoms with Gasteiger partial charge in [-0.05, 0) is 41.7 Å². The molecule has 2 heterocycles. The molecule has 5 heteroatoms. The van der Waals surface area contributed by atoms with E-state index in [2.05, 4.69) is 32.3 Å². The fraction of sp³-hybridized carbons (Fsp3) is 0.565. The Morgan fingerprint density at radius 3 is 2.36 bits per heavy atom. The van der Waals surface area contributed by atoms with Gasteiger partial charge in [0.05, 0.1) is 5.56 Å². The Hall–Kier alpha value is -2.14. The van der Waals surface area contributed by atoms with Gasteiger partial charge in [-0.2, -0.15) is 0 Å². The molecular weight excluding hydrogens is 354 g/mol. The molecule has 28 heavy (non-hydrogen) atoms. The number of fused-ring (bicyclic) bond motifs is 1. The van der Waals surface area contributed by atoms with Crippen molar-refractivity contribution in [2.24, 2.45) is 22.7 Å². The minimum absolute atomic E-state index is 0.0127. The molecule has 150 valence electrons. The van der Waals surface area contributed by atoms with Gasteiger partial charge in [0.2, 0.25) is 0 Å². The summed E-state index contributed by atoms with van der Waals surface area (Å²) in [6.07, 6.45) is 3.94. The smallest absolute Gasteiger partial charge is 0.335 e. The van der Waals surface area contributed by atoms with Gasteiger partial charge in [-0.15, -0.1) is 0 Å². The molecule has 2 fully saturated rings. The first-order chi connectivity index (χ1) is 13.1. The Morgan fingerprint density at radius 1 is 1.14 bits per heavy atom. The van der Waals surface area contributed by atoms with Gasteiger partial charge in [-0.3, -0.25) is 4.79 Å². The van der Waals surface area contributed by atoms with Crippen LogP contribution in [0, 0.1) is 22.7 Å². The Bertz CT molecular complexity index is 933. The van der Waals surface area contributed by atoms with Crippen LogP contribution >= 0.6 is 0 Å². The summed E-state index contributed by atoms with van der Waals surface area (Å²) in [6.45, 7) is 10.9. The van der Waals surface area contributed by atoms with Crippen LogP contribution in [-0.4, -0.2) is 34.6 Å². The third kappa shape index (κ3) is 2.87. The first kappa shape index (κ1) is 19.2. The lowest BCUT2D eigenvalue weighted by Crippen LogP contribution is -2.20. The normalized spacial score (nSPS) is 21.7. The lowest BCUT2D eigenvalue weighted by molar-refractivity contribution is 0.0616. The minimum Gasteiger partial charge on any atom is -0.478 e. The maximum absolute atomic E-state index is 13.4. The van der Waals surface area contributed by atoms with Gasteiger partial charge in [0.15, 0.2) is 5.78 Å². The van der Waals surface area contributed by atoms with Crippen molar-refractivity contribution in [3.8, 4) is 0 Å². The fourth-order valence-corrected chi connectivity index (χ4v) is 4.99. The molecule has 1 saturated carbocycles. The number of hydrogen-bond donors (Lipinski definition) is 1. The number of rotatable bonds is 5. The molecule has 1 aliphatic carbocycles. The van der Waals surface area contributed by atoms with Gasteiger partial charge in [-0.1, -0.05) is 33.8 Å². The zero-order chi connectivity index (χ0) is 20.3. The summed E-state index contributed by atoms with van der Waals surface area (Å²) in [4.78, 5) is 24.9.